The summed E-state index contributed by atoms with van der Waals surface area (Å²) in [7, 11) is 0. The number of amides is 1. The Kier molecular flexibility index (Phi) is 3.84. The molecule has 1 aliphatic rings. The van der Waals surface area contributed by atoms with Gasteiger partial charge in [-0.05, 0) is 13.0 Å². The number of hydrogen-bond acceptors (Lipinski definition) is 4. The van der Waals surface area contributed by atoms with Gasteiger partial charge in [0, 0.05) is 30.1 Å². The van der Waals surface area contributed by atoms with Crippen LogP contribution in [0.15, 0.2) is 18.5 Å². The van der Waals surface area contributed by atoms with Crippen LogP contribution >= 0.6 is 11.8 Å². The minimum atomic E-state index is -0.0370. The lowest BCUT2D eigenvalue weighted by atomic mass is 10.2. The van der Waals surface area contributed by atoms with Gasteiger partial charge in [0.2, 0.25) is 5.91 Å². The minimum absolute atomic E-state index is 0.0370. The van der Waals surface area contributed by atoms with Crippen molar-refractivity contribution in [3.8, 4) is 0 Å². The van der Waals surface area contributed by atoms with E-state index in [0.717, 1.165) is 11.6 Å². The Hall–Kier alpha value is -1.01. The third-order valence-corrected chi connectivity index (χ3v) is 3.38. The summed E-state index contributed by atoms with van der Waals surface area (Å²) in [5, 5.41) is 10.2. The van der Waals surface area contributed by atoms with Crippen molar-refractivity contribution >= 4 is 17.7 Å². The van der Waals surface area contributed by atoms with Crippen molar-refractivity contribution in [2.45, 2.75) is 25.6 Å². The number of carbonyl (C=O) groups excluding carboxylic acids is 1. The number of carbonyl (C=O) groups is 1. The number of rotatable bonds is 4. The quantitative estimate of drug-likeness (QED) is 0.781. The zero-order valence-corrected chi connectivity index (χ0v) is 10.0. The highest BCUT2D eigenvalue weighted by Crippen LogP contribution is 2.09. The fraction of sp³-hybridized carbons (Fsp3) is 0.600. The van der Waals surface area contributed by atoms with Crippen molar-refractivity contribution in [3.63, 3.8) is 0 Å². The van der Waals surface area contributed by atoms with Crippen LogP contribution in [0.3, 0.4) is 0 Å². The fourth-order valence-electron chi connectivity index (χ4n) is 1.64. The maximum atomic E-state index is 11.8. The third-order valence-electron chi connectivity index (χ3n) is 2.44. The average Bonchev–Trinajstić information content (AvgIpc) is 2.88. The van der Waals surface area contributed by atoms with Gasteiger partial charge in [-0.15, -0.1) is 11.8 Å². The van der Waals surface area contributed by atoms with Crippen LogP contribution in [-0.2, 0) is 11.3 Å². The van der Waals surface area contributed by atoms with E-state index in [4.69, 9.17) is 0 Å². The Morgan fingerprint density at radius 3 is 3.31 bits per heavy atom. The van der Waals surface area contributed by atoms with Crippen molar-refractivity contribution in [1.82, 2.24) is 20.4 Å². The molecule has 1 aliphatic heterocycles. The van der Waals surface area contributed by atoms with Gasteiger partial charge in [-0.1, -0.05) is 0 Å². The summed E-state index contributed by atoms with van der Waals surface area (Å²) in [6.07, 6.45) is 3.63. The molecule has 16 heavy (non-hydrogen) atoms. The molecule has 1 saturated heterocycles. The third kappa shape index (κ3) is 2.99. The van der Waals surface area contributed by atoms with E-state index in [1.165, 1.54) is 0 Å². The number of aromatic nitrogens is 2. The van der Waals surface area contributed by atoms with Crippen LogP contribution in [-0.4, -0.2) is 39.4 Å². The lowest BCUT2D eigenvalue weighted by Gasteiger charge is -2.16. The van der Waals surface area contributed by atoms with Crippen LogP contribution in [0.1, 0.15) is 6.92 Å². The van der Waals surface area contributed by atoms with Gasteiger partial charge in [-0.25, -0.2) is 0 Å². The Morgan fingerprint density at radius 2 is 2.69 bits per heavy atom. The normalized spacial score (nSPS) is 21.9. The summed E-state index contributed by atoms with van der Waals surface area (Å²) in [4.78, 5) is 11.8. The Morgan fingerprint density at radius 1 is 1.81 bits per heavy atom. The molecule has 5 nitrogen and oxygen atoms in total. The van der Waals surface area contributed by atoms with Crippen LogP contribution in [0.25, 0.3) is 0 Å². The highest BCUT2D eigenvalue weighted by molar-refractivity contribution is 7.99. The molecule has 6 heteroatoms. The van der Waals surface area contributed by atoms with Crippen LogP contribution in [0, 0.1) is 0 Å². The zero-order valence-electron chi connectivity index (χ0n) is 9.22. The average molecular weight is 240 g/mol. The first-order valence-electron chi connectivity index (χ1n) is 5.34. The van der Waals surface area contributed by atoms with Gasteiger partial charge in [0.15, 0.2) is 0 Å². The Labute approximate surface area is 99.0 Å². The van der Waals surface area contributed by atoms with E-state index in [0.29, 0.717) is 6.54 Å². The minimum Gasteiger partial charge on any atom is -0.350 e. The first-order chi connectivity index (χ1) is 7.75. The molecule has 0 bridgehead atoms. The van der Waals surface area contributed by atoms with Gasteiger partial charge in [0.1, 0.15) is 0 Å². The summed E-state index contributed by atoms with van der Waals surface area (Å²) in [5.41, 5.74) is 0. The van der Waals surface area contributed by atoms with E-state index in [9.17, 15) is 4.79 Å². The zero-order chi connectivity index (χ0) is 11.4. The summed E-state index contributed by atoms with van der Waals surface area (Å²) in [5.74, 6) is 1.82. The molecule has 2 N–H and O–H groups in total. The second-order valence-electron chi connectivity index (χ2n) is 3.91. The molecule has 2 atom stereocenters. The molecule has 1 fully saturated rings. The van der Waals surface area contributed by atoms with Crippen LogP contribution < -0.4 is 10.6 Å². The highest BCUT2D eigenvalue weighted by atomic mass is 32.2. The van der Waals surface area contributed by atoms with Crippen LogP contribution in [0.2, 0.25) is 0 Å². The van der Waals surface area contributed by atoms with E-state index in [1.54, 1.807) is 18.0 Å². The second kappa shape index (κ2) is 5.36. The highest BCUT2D eigenvalue weighted by Gasteiger charge is 2.23. The molecule has 1 aromatic heterocycles. The number of hydrogen-bond donors (Lipinski definition) is 2. The number of thioether (sulfide) groups is 1. The Bertz CT molecular complexity index is 335. The topological polar surface area (TPSA) is 59.0 Å². The molecule has 1 amide bonds. The number of nitrogens with zero attached hydrogens (tertiary/aromatic N) is 2. The summed E-state index contributed by atoms with van der Waals surface area (Å²) in [6.45, 7) is 2.69. The van der Waals surface area contributed by atoms with Crippen LogP contribution in [0.5, 0.6) is 0 Å². The molecular weight excluding hydrogens is 224 g/mol. The standard InChI is InChI=1S/C10H16N4OS/c1-8(5-14-4-2-3-12-14)13-10(15)9-6-16-7-11-9/h2-4,8-9,11H,5-7H2,1H3,(H,13,15). The smallest absolute Gasteiger partial charge is 0.238 e. The second-order valence-corrected chi connectivity index (χ2v) is 4.94. The van der Waals surface area contributed by atoms with Gasteiger partial charge in [0.05, 0.1) is 12.6 Å². The van der Waals surface area contributed by atoms with E-state index < -0.39 is 0 Å². The summed E-state index contributed by atoms with van der Waals surface area (Å²) < 4.78 is 1.82. The Balaban J connectivity index is 1.78. The summed E-state index contributed by atoms with van der Waals surface area (Å²) >= 11 is 1.75. The van der Waals surface area contributed by atoms with E-state index in [1.807, 2.05) is 23.9 Å². The van der Waals surface area contributed by atoms with Gasteiger partial charge < -0.3 is 5.32 Å². The van der Waals surface area contributed by atoms with Crippen molar-refractivity contribution in [2.24, 2.45) is 0 Å². The lowest BCUT2D eigenvalue weighted by molar-refractivity contribution is -0.123. The molecule has 0 saturated carbocycles. The fourth-order valence-corrected chi connectivity index (χ4v) is 2.58. The molecule has 1 aromatic rings. The molecule has 0 radical (unpaired) electrons. The molecule has 0 aromatic carbocycles. The SMILES string of the molecule is CC(Cn1cccn1)NC(=O)C1CSCN1. The van der Waals surface area contributed by atoms with Gasteiger partial charge in [-0.2, -0.15) is 5.10 Å². The van der Waals surface area contributed by atoms with E-state index in [2.05, 4.69) is 15.7 Å². The van der Waals surface area contributed by atoms with E-state index >= 15 is 0 Å². The van der Waals surface area contributed by atoms with Crippen molar-refractivity contribution in [3.05, 3.63) is 18.5 Å². The maximum Gasteiger partial charge on any atom is 0.238 e. The van der Waals surface area contributed by atoms with Crippen molar-refractivity contribution in [1.29, 1.82) is 0 Å². The van der Waals surface area contributed by atoms with Crippen molar-refractivity contribution in [2.75, 3.05) is 11.6 Å². The molecule has 2 heterocycles. The summed E-state index contributed by atoms with van der Waals surface area (Å²) in [6, 6.07) is 1.94. The predicted molar refractivity (Wildman–Crippen MR) is 64.1 cm³/mol. The number of nitrogens with one attached hydrogen (secondary N) is 2. The first-order valence-corrected chi connectivity index (χ1v) is 6.50. The molecule has 2 unspecified atom stereocenters. The predicted octanol–water partition coefficient (Wildman–Crippen LogP) is 0.0503. The van der Waals surface area contributed by atoms with Gasteiger partial charge in [0.25, 0.3) is 0 Å². The van der Waals surface area contributed by atoms with E-state index in [-0.39, 0.29) is 18.0 Å². The first kappa shape index (κ1) is 11.5. The molecule has 0 spiro atoms. The van der Waals surface area contributed by atoms with Gasteiger partial charge in [-0.3, -0.25) is 14.8 Å². The molecule has 0 aliphatic carbocycles. The molecular formula is C10H16N4OS. The van der Waals surface area contributed by atoms with Crippen LogP contribution in [0.4, 0.5) is 0 Å². The van der Waals surface area contributed by atoms with Crippen molar-refractivity contribution < 1.29 is 4.79 Å². The lowest BCUT2D eigenvalue weighted by Crippen LogP contribution is -2.46. The molecule has 2 rings (SSSR count). The molecule has 88 valence electrons. The largest absolute Gasteiger partial charge is 0.350 e. The van der Waals surface area contributed by atoms with Gasteiger partial charge >= 0.3 is 0 Å². The maximum absolute atomic E-state index is 11.8. The monoisotopic (exact) mass is 240 g/mol.